The van der Waals surface area contributed by atoms with Gasteiger partial charge < -0.3 is 21.5 Å². The van der Waals surface area contributed by atoms with Crippen molar-refractivity contribution in [3.63, 3.8) is 0 Å². The van der Waals surface area contributed by atoms with Crippen LogP contribution in [0.3, 0.4) is 0 Å². The Hall–Kier alpha value is -4.69. The first-order valence-electron chi connectivity index (χ1n) is 12.1. The zero-order chi connectivity index (χ0) is 29.9. The molecule has 2 aromatic carbocycles. The average molecular weight is 572 g/mol. The number of aryl methyl sites for hydroxylation is 1. The van der Waals surface area contributed by atoms with Crippen LogP contribution in [0, 0.1) is 5.82 Å². The monoisotopic (exact) mass is 571 g/mol. The molecule has 4 rings (SSSR count). The van der Waals surface area contributed by atoms with E-state index in [1.807, 2.05) is 0 Å². The summed E-state index contributed by atoms with van der Waals surface area (Å²) in [4.78, 5) is 34.0. The van der Waals surface area contributed by atoms with Gasteiger partial charge >= 0.3 is 6.18 Å². The Labute approximate surface area is 231 Å². The van der Waals surface area contributed by atoms with E-state index in [9.17, 15) is 32.3 Å². The van der Waals surface area contributed by atoms with Gasteiger partial charge in [0.15, 0.2) is 0 Å². The fourth-order valence-electron chi connectivity index (χ4n) is 3.79. The van der Waals surface area contributed by atoms with Gasteiger partial charge in [0, 0.05) is 24.4 Å². The third-order valence-electron chi connectivity index (χ3n) is 6.04. The lowest BCUT2D eigenvalue weighted by molar-refractivity contribution is -0.137. The number of halogens is 4. The van der Waals surface area contributed by atoms with E-state index in [0.29, 0.717) is 5.56 Å². The van der Waals surface area contributed by atoms with Crippen molar-refractivity contribution in [2.45, 2.75) is 25.2 Å². The molecular weight excluding hydrogens is 546 g/mol. The van der Waals surface area contributed by atoms with E-state index in [-0.39, 0.29) is 35.5 Å². The summed E-state index contributed by atoms with van der Waals surface area (Å²) in [6.45, 7) is 0.583. The predicted molar refractivity (Wildman–Crippen MR) is 141 cm³/mol. The molecule has 0 bridgehead atoms. The van der Waals surface area contributed by atoms with Gasteiger partial charge in [-0.15, -0.1) is 0 Å². The lowest BCUT2D eigenvalue weighted by Crippen LogP contribution is -2.54. The largest absolute Gasteiger partial charge is 0.417 e. The van der Waals surface area contributed by atoms with E-state index in [1.54, 1.807) is 30.3 Å². The van der Waals surface area contributed by atoms with Crippen molar-refractivity contribution in [3.8, 4) is 22.5 Å². The summed E-state index contributed by atoms with van der Waals surface area (Å²) in [7, 11) is 1.51. The molecule has 0 aliphatic heterocycles. The molecule has 4 aromatic rings. The molecule has 1 unspecified atom stereocenters. The molecule has 0 aliphatic rings. The number of rotatable bonds is 8. The van der Waals surface area contributed by atoms with E-state index < -0.39 is 52.6 Å². The van der Waals surface area contributed by atoms with Crippen molar-refractivity contribution in [3.05, 3.63) is 83.7 Å². The molecule has 10 nitrogen and oxygen atoms in total. The second-order valence-corrected chi connectivity index (χ2v) is 9.38. The van der Waals surface area contributed by atoms with Crippen molar-refractivity contribution in [1.82, 2.24) is 25.1 Å². The van der Waals surface area contributed by atoms with Crippen molar-refractivity contribution < 1.29 is 32.3 Å². The molecule has 1 atom stereocenters. The highest BCUT2D eigenvalue weighted by atomic mass is 19.4. The van der Waals surface area contributed by atoms with Crippen LogP contribution >= 0.6 is 0 Å². The maximum absolute atomic E-state index is 14.9. The van der Waals surface area contributed by atoms with Crippen molar-refractivity contribution >= 4 is 17.5 Å². The zero-order valence-corrected chi connectivity index (χ0v) is 21.8. The minimum absolute atomic E-state index is 0.0361. The van der Waals surface area contributed by atoms with E-state index >= 15 is 0 Å². The van der Waals surface area contributed by atoms with E-state index in [2.05, 4.69) is 25.7 Å². The van der Waals surface area contributed by atoms with Crippen LogP contribution in [0.15, 0.2) is 60.9 Å². The highest BCUT2D eigenvalue weighted by Crippen LogP contribution is 2.38. The lowest BCUT2D eigenvalue weighted by atomic mass is 9.99. The number of benzene rings is 2. The molecule has 41 heavy (non-hydrogen) atoms. The summed E-state index contributed by atoms with van der Waals surface area (Å²) < 4.78 is 57.4. The lowest BCUT2D eigenvalue weighted by Gasteiger charge is -2.20. The maximum Gasteiger partial charge on any atom is 0.417 e. The SMILES string of the molecule is Cn1ccc(-c2cc(C(=O)Nc3cnc(CNC(=O)C(C)(N)CO)nc3-c3ccccc3)c(F)cc2C(F)(F)F)n1. The van der Waals surface area contributed by atoms with Gasteiger partial charge in [-0.25, -0.2) is 14.4 Å². The third kappa shape index (κ3) is 6.56. The number of hydrogen-bond acceptors (Lipinski definition) is 7. The molecule has 2 aromatic heterocycles. The number of anilines is 1. The van der Waals surface area contributed by atoms with Crippen molar-refractivity contribution in [2.75, 3.05) is 11.9 Å². The molecule has 2 heterocycles. The summed E-state index contributed by atoms with van der Waals surface area (Å²) in [6, 6.07) is 10.9. The van der Waals surface area contributed by atoms with Crippen molar-refractivity contribution in [1.29, 1.82) is 0 Å². The Morgan fingerprint density at radius 3 is 2.44 bits per heavy atom. The number of carbonyl (C=O) groups excluding carboxylic acids is 2. The summed E-state index contributed by atoms with van der Waals surface area (Å²) in [5.41, 5.74) is 2.47. The van der Waals surface area contributed by atoms with Crippen LogP contribution in [-0.4, -0.2) is 48.8 Å². The normalized spacial score (nSPS) is 13.0. The second kappa shape index (κ2) is 11.4. The van der Waals surface area contributed by atoms with Gasteiger partial charge in [0.05, 0.1) is 47.6 Å². The number of aromatic nitrogens is 4. The Morgan fingerprint density at radius 2 is 1.83 bits per heavy atom. The summed E-state index contributed by atoms with van der Waals surface area (Å²) in [6.07, 6.45) is -2.26. The second-order valence-electron chi connectivity index (χ2n) is 9.38. The first-order chi connectivity index (χ1) is 19.3. The molecule has 0 spiro atoms. The highest BCUT2D eigenvalue weighted by molar-refractivity contribution is 6.06. The minimum atomic E-state index is -4.90. The molecule has 0 saturated heterocycles. The molecule has 0 saturated carbocycles. The number of amides is 2. The third-order valence-corrected chi connectivity index (χ3v) is 6.04. The van der Waals surface area contributed by atoms with Crippen LogP contribution < -0.4 is 16.4 Å². The highest BCUT2D eigenvalue weighted by Gasteiger charge is 2.36. The fourth-order valence-corrected chi connectivity index (χ4v) is 3.79. The summed E-state index contributed by atoms with van der Waals surface area (Å²) >= 11 is 0. The standard InChI is InChI=1S/C27H25F4N7O3/c1-26(32,14-39)25(41)34-13-22-33-12-21(23(36-22)15-6-4-3-5-7-15)35-24(40)17-10-16(20-8-9-38(2)37-20)18(11-19(17)28)27(29,30)31/h3-12,39H,13-14,32H2,1-2H3,(H,34,41)(H,35,40). The van der Waals surface area contributed by atoms with Gasteiger partial charge in [0.2, 0.25) is 5.91 Å². The first-order valence-corrected chi connectivity index (χ1v) is 12.1. The van der Waals surface area contributed by atoms with Gasteiger partial charge in [-0.3, -0.25) is 14.3 Å². The number of hydrogen-bond donors (Lipinski definition) is 4. The topological polar surface area (TPSA) is 148 Å². The van der Waals surface area contributed by atoms with Crippen LogP contribution in [0.4, 0.5) is 23.2 Å². The maximum atomic E-state index is 14.9. The fraction of sp³-hybridized carbons (Fsp3) is 0.222. The predicted octanol–water partition coefficient (Wildman–Crippen LogP) is 3.28. The van der Waals surface area contributed by atoms with Crippen LogP contribution in [0.5, 0.6) is 0 Å². The Kier molecular flexibility index (Phi) is 8.17. The van der Waals surface area contributed by atoms with E-state index in [1.165, 1.54) is 37.1 Å². The molecule has 2 amide bonds. The minimum Gasteiger partial charge on any atom is -0.394 e. The zero-order valence-electron chi connectivity index (χ0n) is 21.8. The van der Waals surface area contributed by atoms with Gasteiger partial charge in [0.1, 0.15) is 17.2 Å². The van der Waals surface area contributed by atoms with Crippen LogP contribution in [0.1, 0.15) is 28.7 Å². The summed E-state index contributed by atoms with van der Waals surface area (Å²) in [5, 5.41) is 18.3. The Balaban J connectivity index is 1.70. The number of alkyl halides is 3. The molecule has 5 N–H and O–H groups in total. The number of aliphatic hydroxyl groups is 1. The van der Waals surface area contributed by atoms with Crippen LogP contribution in [-0.2, 0) is 24.6 Å². The van der Waals surface area contributed by atoms with Crippen molar-refractivity contribution in [2.24, 2.45) is 12.8 Å². The van der Waals surface area contributed by atoms with Crippen LogP contribution in [0.2, 0.25) is 0 Å². The van der Waals surface area contributed by atoms with E-state index in [0.717, 1.165) is 6.07 Å². The molecule has 0 fully saturated rings. The number of nitrogens with zero attached hydrogens (tertiary/aromatic N) is 4. The van der Waals surface area contributed by atoms with Gasteiger partial charge in [-0.1, -0.05) is 30.3 Å². The van der Waals surface area contributed by atoms with Crippen LogP contribution in [0.25, 0.3) is 22.5 Å². The smallest absolute Gasteiger partial charge is 0.394 e. The molecule has 0 aliphatic carbocycles. The van der Waals surface area contributed by atoms with E-state index in [4.69, 9.17) is 5.73 Å². The van der Waals surface area contributed by atoms with Gasteiger partial charge in [-0.05, 0) is 25.1 Å². The quantitative estimate of drug-likeness (QED) is 0.237. The molecular formula is C27H25F4N7O3. The van der Waals surface area contributed by atoms with Gasteiger partial charge in [-0.2, -0.15) is 18.3 Å². The number of aliphatic hydroxyl groups excluding tert-OH is 1. The van der Waals surface area contributed by atoms with Gasteiger partial charge in [0.25, 0.3) is 5.91 Å². The first kappa shape index (κ1) is 29.3. The number of carbonyl (C=O) groups is 2. The average Bonchev–Trinajstić information content (AvgIpc) is 3.37. The molecule has 14 heteroatoms. The summed E-state index contributed by atoms with van der Waals surface area (Å²) in [5.74, 6) is -2.95. The Morgan fingerprint density at radius 1 is 1.12 bits per heavy atom. The Bertz CT molecular complexity index is 1590. The molecule has 0 radical (unpaired) electrons. The molecule has 214 valence electrons. The number of nitrogens with two attached hydrogens (primary N) is 1. The number of nitrogens with one attached hydrogen (secondary N) is 2.